The normalized spacial score (nSPS) is 13.8. The number of carbonyl (C=O) groups excluding carboxylic acids is 1. The van der Waals surface area contributed by atoms with E-state index in [1.165, 1.54) is 12.1 Å². The predicted octanol–water partition coefficient (Wildman–Crippen LogP) is 3.00. The van der Waals surface area contributed by atoms with Gasteiger partial charge in [0, 0.05) is 11.0 Å². The second-order valence-electron chi connectivity index (χ2n) is 5.20. The molecule has 1 aromatic heterocycles. The molecule has 0 spiro atoms. The summed E-state index contributed by atoms with van der Waals surface area (Å²) < 4.78 is 37.2. The van der Waals surface area contributed by atoms with Crippen LogP contribution < -0.4 is 14.2 Å². The van der Waals surface area contributed by atoms with Gasteiger partial charge in [0.1, 0.15) is 17.4 Å². The van der Waals surface area contributed by atoms with Crippen molar-refractivity contribution in [2.24, 2.45) is 0 Å². The van der Waals surface area contributed by atoms with Crippen LogP contribution in [0.4, 0.5) is 0 Å². The van der Waals surface area contributed by atoms with E-state index in [9.17, 15) is 13.2 Å². The predicted molar refractivity (Wildman–Crippen MR) is 95.9 cm³/mol. The third-order valence-corrected chi connectivity index (χ3v) is 6.38. The molecule has 1 aromatic carbocycles. The van der Waals surface area contributed by atoms with E-state index in [0.717, 1.165) is 22.3 Å². The molecule has 9 heteroatoms. The molecular formula is C16H14ClNO5S2. The van der Waals surface area contributed by atoms with Crippen molar-refractivity contribution in [3.8, 4) is 11.5 Å². The zero-order valence-corrected chi connectivity index (χ0v) is 15.5. The topological polar surface area (TPSA) is 81.7 Å². The molecule has 0 radical (unpaired) electrons. The van der Waals surface area contributed by atoms with Crippen LogP contribution in [0.2, 0.25) is 5.02 Å². The molecule has 0 saturated heterocycles. The van der Waals surface area contributed by atoms with Crippen molar-refractivity contribution in [3.05, 3.63) is 45.8 Å². The summed E-state index contributed by atoms with van der Waals surface area (Å²) in [5.41, 5.74) is 0.591. The second-order valence-corrected chi connectivity index (χ2v) is 8.80. The summed E-state index contributed by atoms with van der Waals surface area (Å²) in [7, 11) is -3.87. The maximum atomic E-state index is 12.1. The molecule has 1 amide bonds. The molecule has 0 fully saturated rings. The van der Waals surface area contributed by atoms with Gasteiger partial charge in [0.05, 0.1) is 5.02 Å². The molecular weight excluding hydrogens is 386 g/mol. The number of amides is 1. The van der Waals surface area contributed by atoms with Crippen LogP contribution in [0.3, 0.4) is 0 Å². The van der Waals surface area contributed by atoms with Crippen LogP contribution >= 0.6 is 22.9 Å². The molecule has 1 aliphatic heterocycles. The molecule has 0 bridgehead atoms. The Hall–Kier alpha value is -2.03. The van der Waals surface area contributed by atoms with Crippen molar-refractivity contribution in [1.82, 2.24) is 4.72 Å². The number of hydrogen-bond donors (Lipinski definition) is 1. The summed E-state index contributed by atoms with van der Waals surface area (Å²) >= 11 is 7.21. The first kappa shape index (κ1) is 17.8. The molecule has 1 aliphatic rings. The second kappa shape index (κ2) is 7.07. The zero-order valence-electron chi connectivity index (χ0n) is 13.1. The zero-order chi connectivity index (χ0) is 18.0. The summed E-state index contributed by atoms with van der Waals surface area (Å²) in [6.45, 7) is 2.62. The van der Waals surface area contributed by atoms with Gasteiger partial charge >= 0.3 is 0 Å². The standard InChI is InChI=1S/C16H14ClNO5S2/c1-10-2-5-15(24-10)25(20,21)18-14(19)4-3-11-8-12(17)16-13(9-11)22-6-7-23-16/h2-5,8-9H,6-7H2,1H3,(H,18,19)/b4-3+. The molecule has 25 heavy (non-hydrogen) atoms. The fourth-order valence-electron chi connectivity index (χ4n) is 2.17. The highest BCUT2D eigenvalue weighted by Crippen LogP contribution is 2.38. The number of carbonyl (C=O) groups is 1. The molecule has 3 rings (SSSR count). The lowest BCUT2D eigenvalue weighted by Crippen LogP contribution is -2.28. The Bertz CT molecular complexity index is 949. The van der Waals surface area contributed by atoms with Crippen molar-refractivity contribution in [3.63, 3.8) is 0 Å². The van der Waals surface area contributed by atoms with Crippen molar-refractivity contribution in [2.75, 3.05) is 13.2 Å². The lowest BCUT2D eigenvalue weighted by molar-refractivity contribution is -0.114. The smallest absolute Gasteiger partial charge is 0.273 e. The third kappa shape index (κ3) is 4.15. The number of sulfonamides is 1. The van der Waals surface area contributed by atoms with Crippen LogP contribution in [0.5, 0.6) is 11.5 Å². The first-order valence-electron chi connectivity index (χ1n) is 7.25. The lowest BCUT2D eigenvalue weighted by Gasteiger charge is -2.19. The molecule has 0 saturated carbocycles. The molecule has 132 valence electrons. The Balaban J connectivity index is 1.74. The number of hydrogen-bond acceptors (Lipinski definition) is 6. The average Bonchev–Trinajstić information content (AvgIpc) is 3.00. The Morgan fingerprint density at radius 1 is 1.28 bits per heavy atom. The van der Waals surface area contributed by atoms with Crippen molar-refractivity contribution < 1.29 is 22.7 Å². The van der Waals surface area contributed by atoms with Crippen molar-refractivity contribution in [2.45, 2.75) is 11.1 Å². The van der Waals surface area contributed by atoms with E-state index in [2.05, 4.69) is 0 Å². The first-order chi connectivity index (χ1) is 11.8. The lowest BCUT2D eigenvalue weighted by atomic mass is 10.2. The summed E-state index contributed by atoms with van der Waals surface area (Å²) in [4.78, 5) is 12.8. The van der Waals surface area contributed by atoms with Crippen LogP contribution in [0, 0.1) is 6.92 Å². The van der Waals surface area contributed by atoms with Crippen LogP contribution in [0.25, 0.3) is 6.08 Å². The van der Waals surface area contributed by atoms with Gasteiger partial charge in [-0.1, -0.05) is 11.6 Å². The van der Waals surface area contributed by atoms with E-state index >= 15 is 0 Å². The highest BCUT2D eigenvalue weighted by atomic mass is 35.5. The summed E-state index contributed by atoms with van der Waals surface area (Å²) in [6.07, 6.45) is 2.58. The minimum atomic E-state index is -3.87. The SMILES string of the molecule is Cc1ccc(S(=O)(=O)NC(=O)/C=C/c2cc(Cl)c3c(c2)OCCO3)s1. The monoisotopic (exact) mass is 399 g/mol. The van der Waals surface area contributed by atoms with Gasteiger partial charge in [0.25, 0.3) is 15.9 Å². The number of halogens is 1. The Kier molecular flexibility index (Phi) is 5.03. The number of benzene rings is 1. The number of rotatable bonds is 4. The van der Waals surface area contributed by atoms with Crippen molar-refractivity contribution >= 4 is 44.9 Å². The fourth-order valence-corrected chi connectivity index (χ4v) is 4.67. The first-order valence-corrected chi connectivity index (χ1v) is 9.93. The number of nitrogens with one attached hydrogen (secondary N) is 1. The van der Waals surface area contributed by atoms with Gasteiger partial charge in [0.15, 0.2) is 11.5 Å². The van der Waals surface area contributed by atoms with Gasteiger partial charge in [-0.25, -0.2) is 13.1 Å². The van der Waals surface area contributed by atoms with Gasteiger partial charge in [-0.3, -0.25) is 4.79 Å². The minimum Gasteiger partial charge on any atom is -0.486 e. The van der Waals surface area contributed by atoms with Crippen LogP contribution in [0.1, 0.15) is 10.4 Å². The van der Waals surface area contributed by atoms with Crippen molar-refractivity contribution in [1.29, 1.82) is 0 Å². The highest BCUT2D eigenvalue weighted by Gasteiger charge is 2.19. The van der Waals surface area contributed by atoms with E-state index in [4.69, 9.17) is 21.1 Å². The van der Waals surface area contributed by atoms with Crippen LogP contribution in [0.15, 0.2) is 34.6 Å². The Labute approximate surface area is 154 Å². The quantitative estimate of drug-likeness (QED) is 0.799. The average molecular weight is 400 g/mol. The number of fused-ring (bicyclic) bond motifs is 1. The van der Waals surface area contributed by atoms with Crippen LogP contribution in [-0.4, -0.2) is 27.5 Å². The van der Waals surface area contributed by atoms with Gasteiger partial charge < -0.3 is 9.47 Å². The van der Waals surface area contributed by atoms with E-state index < -0.39 is 15.9 Å². The van der Waals surface area contributed by atoms with Crippen LogP contribution in [-0.2, 0) is 14.8 Å². The molecule has 2 aromatic rings. The Morgan fingerprint density at radius 2 is 2.04 bits per heavy atom. The summed E-state index contributed by atoms with van der Waals surface area (Å²) in [6, 6.07) is 6.41. The van der Waals surface area contributed by atoms with Gasteiger partial charge in [0.2, 0.25) is 0 Å². The van der Waals surface area contributed by atoms with E-state index in [1.54, 1.807) is 25.1 Å². The molecule has 2 heterocycles. The third-order valence-electron chi connectivity index (χ3n) is 3.26. The molecule has 1 N–H and O–H groups in total. The highest BCUT2D eigenvalue weighted by molar-refractivity contribution is 7.92. The molecule has 6 nitrogen and oxygen atoms in total. The largest absolute Gasteiger partial charge is 0.486 e. The van der Waals surface area contributed by atoms with E-state index in [0.29, 0.717) is 35.3 Å². The minimum absolute atomic E-state index is 0.0918. The maximum absolute atomic E-state index is 12.1. The van der Waals surface area contributed by atoms with Gasteiger partial charge in [-0.15, -0.1) is 11.3 Å². The molecule has 0 aliphatic carbocycles. The maximum Gasteiger partial charge on any atom is 0.273 e. The number of aryl methyl sites for hydroxylation is 1. The van der Waals surface area contributed by atoms with E-state index in [-0.39, 0.29) is 4.21 Å². The Morgan fingerprint density at radius 3 is 2.76 bits per heavy atom. The fraction of sp³-hybridized carbons (Fsp3) is 0.188. The molecule has 0 unspecified atom stereocenters. The number of thiophene rings is 1. The summed E-state index contributed by atoms with van der Waals surface area (Å²) in [5.74, 6) is 0.197. The molecule has 0 atom stereocenters. The van der Waals surface area contributed by atoms with Gasteiger partial charge in [-0.2, -0.15) is 0 Å². The number of ether oxygens (including phenoxy) is 2. The van der Waals surface area contributed by atoms with E-state index in [1.807, 2.05) is 4.72 Å². The van der Waals surface area contributed by atoms with Gasteiger partial charge in [-0.05, 0) is 42.8 Å². The summed E-state index contributed by atoms with van der Waals surface area (Å²) in [5, 5.41) is 0.360.